The molecule has 3 nitrogen and oxygen atoms in total. The number of anilines is 1. The molecule has 0 radical (unpaired) electrons. The Kier molecular flexibility index (Phi) is 5.32. The first-order valence-electron chi connectivity index (χ1n) is 8.71. The van der Waals surface area contributed by atoms with Crippen LogP contribution in [0.2, 0.25) is 0 Å². The van der Waals surface area contributed by atoms with Crippen molar-refractivity contribution in [2.45, 2.75) is 32.2 Å². The second-order valence-electron chi connectivity index (χ2n) is 6.69. The highest BCUT2D eigenvalue weighted by Crippen LogP contribution is 2.24. The van der Waals surface area contributed by atoms with Crippen LogP contribution >= 0.6 is 0 Å². The molecule has 22 heavy (non-hydrogen) atoms. The molecule has 0 aromatic heterocycles. The van der Waals surface area contributed by atoms with Gasteiger partial charge < -0.3 is 15.1 Å². The third-order valence-electron chi connectivity index (χ3n) is 5.21. The van der Waals surface area contributed by atoms with Crippen molar-refractivity contribution in [1.29, 1.82) is 0 Å². The summed E-state index contributed by atoms with van der Waals surface area (Å²) in [5.41, 5.74) is 1.15. The number of benzene rings is 1. The van der Waals surface area contributed by atoms with Gasteiger partial charge in [-0.1, -0.05) is 6.92 Å². The first kappa shape index (κ1) is 15.8. The highest BCUT2D eigenvalue weighted by Gasteiger charge is 2.24. The Bertz CT molecular complexity index is 454. The molecule has 0 saturated carbocycles. The van der Waals surface area contributed by atoms with E-state index < -0.39 is 0 Å². The van der Waals surface area contributed by atoms with E-state index >= 15 is 0 Å². The summed E-state index contributed by atoms with van der Waals surface area (Å²) in [4.78, 5) is 4.91. The van der Waals surface area contributed by atoms with E-state index in [-0.39, 0.29) is 5.82 Å². The lowest BCUT2D eigenvalue weighted by Gasteiger charge is -2.32. The van der Waals surface area contributed by atoms with Crippen LogP contribution in [0.15, 0.2) is 24.3 Å². The molecule has 0 spiro atoms. The maximum Gasteiger partial charge on any atom is 0.123 e. The Balaban J connectivity index is 1.41. The minimum Gasteiger partial charge on any atom is -0.371 e. The minimum atomic E-state index is -0.153. The van der Waals surface area contributed by atoms with Crippen molar-refractivity contribution in [1.82, 2.24) is 10.2 Å². The van der Waals surface area contributed by atoms with Crippen LogP contribution in [-0.2, 0) is 0 Å². The summed E-state index contributed by atoms with van der Waals surface area (Å²) >= 11 is 0. The molecule has 0 bridgehead atoms. The molecule has 3 rings (SSSR count). The number of nitrogens with zero attached hydrogens (tertiary/aromatic N) is 2. The van der Waals surface area contributed by atoms with Crippen LogP contribution in [0, 0.1) is 11.7 Å². The smallest absolute Gasteiger partial charge is 0.123 e. The summed E-state index contributed by atoms with van der Waals surface area (Å²) in [6, 6.07) is 7.60. The predicted molar refractivity (Wildman–Crippen MR) is 89.9 cm³/mol. The Morgan fingerprint density at radius 1 is 1.09 bits per heavy atom. The number of halogens is 1. The molecule has 1 atom stereocenters. The van der Waals surface area contributed by atoms with Gasteiger partial charge in [0.25, 0.3) is 0 Å². The molecule has 0 amide bonds. The van der Waals surface area contributed by atoms with E-state index in [0.717, 1.165) is 25.3 Å². The summed E-state index contributed by atoms with van der Waals surface area (Å²) in [7, 11) is 0. The standard InChI is InChI=1S/C18H28FN3/c1-2-21-10-8-17(9-11-21)20-13-15-7-12-22(14-15)18-5-3-16(19)4-6-18/h3-6,15,17,20H,2,7-14H2,1H3. The van der Waals surface area contributed by atoms with Gasteiger partial charge in [-0.15, -0.1) is 0 Å². The molecule has 2 aliphatic rings. The summed E-state index contributed by atoms with van der Waals surface area (Å²) in [6.45, 7) is 9.20. The molecule has 1 N–H and O–H groups in total. The van der Waals surface area contributed by atoms with Crippen molar-refractivity contribution in [3.63, 3.8) is 0 Å². The van der Waals surface area contributed by atoms with Gasteiger partial charge in [-0.25, -0.2) is 4.39 Å². The maximum atomic E-state index is 13.0. The highest BCUT2D eigenvalue weighted by atomic mass is 19.1. The molecule has 4 heteroatoms. The third-order valence-corrected chi connectivity index (χ3v) is 5.21. The average molecular weight is 305 g/mol. The second kappa shape index (κ2) is 7.42. The fourth-order valence-corrected chi connectivity index (χ4v) is 3.67. The topological polar surface area (TPSA) is 18.5 Å². The van der Waals surface area contributed by atoms with Crippen LogP contribution in [-0.4, -0.2) is 50.2 Å². The predicted octanol–water partition coefficient (Wildman–Crippen LogP) is 2.73. The zero-order valence-corrected chi connectivity index (χ0v) is 13.6. The fourth-order valence-electron chi connectivity index (χ4n) is 3.67. The first-order valence-corrected chi connectivity index (χ1v) is 8.71. The van der Waals surface area contributed by atoms with Crippen LogP contribution in [0.5, 0.6) is 0 Å². The van der Waals surface area contributed by atoms with Gasteiger partial charge in [-0.05, 0) is 75.6 Å². The van der Waals surface area contributed by atoms with Crippen LogP contribution in [0.3, 0.4) is 0 Å². The summed E-state index contributed by atoms with van der Waals surface area (Å²) in [5.74, 6) is 0.564. The Labute approximate surface area is 133 Å². The van der Waals surface area contributed by atoms with Crippen LogP contribution in [0.1, 0.15) is 26.2 Å². The summed E-state index contributed by atoms with van der Waals surface area (Å²) in [5, 5.41) is 3.78. The van der Waals surface area contributed by atoms with E-state index in [1.807, 2.05) is 12.1 Å². The molecular weight excluding hydrogens is 277 g/mol. The minimum absolute atomic E-state index is 0.153. The average Bonchev–Trinajstić information content (AvgIpc) is 3.03. The fraction of sp³-hybridized carbons (Fsp3) is 0.667. The van der Waals surface area contributed by atoms with Crippen LogP contribution in [0.4, 0.5) is 10.1 Å². The number of hydrogen-bond donors (Lipinski definition) is 1. The summed E-state index contributed by atoms with van der Waals surface area (Å²) < 4.78 is 13.0. The second-order valence-corrected chi connectivity index (χ2v) is 6.69. The van der Waals surface area contributed by atoms with E-state index in [4.69, 9.17) is 0 Å². The van der Waals surface area contributed by atoms with Gasteiger partial charge in [-0.3, -0.25) is 0 Å². The molecule has 1 unspecified atom stereocenters. The van der Waals surface area contributed by atoms with Gasteiger partial charge >= 0.3 is 0 Å². The Morgan fingerprint density at radius 3 is 2.50 bits per heavy atom. The van der Waals surface area contributed by atoms with Gasteiger partial charge in [0.15, 0.2) is 0 Å². The molecule has 122 valence electrons. The highest BCUT2D eigenvalue weighted by molar-refractivity contribution is 5.47. The molecule has 2 fully saturated rings. The normalized spacial score (nSPS) is 24.1. The van der Waals surface area contributed by atoms with Gasteiger partial charge in [0.2, 0.25) is 0 Å². The molecule has 2 aliphatic heterocycles. The monoisotopic (exact) mass is 305 g/mol. The van der Waals surface area contributed by atoms with Crippen molar-refractivity contribution in [3.05, 3.63) is 30.1 Å². The molecule has 1 aromatic rings. The van der Waals surface area contributed by atoms with Crippen LogP contribution in [0.25, 0.3) is 0 Å². The number of piperidine rings is 1. The Hall–Kier alpha value is -1.13. The van der Waals surface area contributed by atoms with E-state index in [9.17, 15) is 4.39 Å². The van der Waals surface area contributed by atoms with E-state index in [1.165, 1.54) is 38.9 Å². The molecular formula is C18H28FN3. The van der Waals surface area contributed by atoms with Crippen molar-refractivity contribution in [3.8, 4) is 0 Å². The van der Waals surface area contributed by atoms with Gasteiger partial charge in [0, 0.05) is 24.8 Å². The zero-order valence-electron chi connectivity index (χ0n) is 13.6. The number of likely N-dealkylation sites (tertiary alicyclic amines) is 1. The van der Waals surface area contributed by atoms with Crippen molar-refractivity contribution in [2.75, 3.05) is 44.2 Å². The molecule has 2 saturated heterocycles. The lowest BCUT2D eigenvalue weighted by Crippen LogP contribution is -2.43. The lowest BCUT2D eigenvalue weighted by atomic mass is 10.0. The number of nitrogens with one attached hydrogen (secondary N) is 1. The lowest BCUT2D eigenvalue weighted by molar-refractivity contribution is 0.203. The van der Waals surface area contributed by atoms with E-state index in [0.29, 0.717) is 12.0 Å². The molecule has 0 aliphatic carbocycles. The third kappa shape index (κ3) is 3.99. The van der Waals surface area contributed by atoms with E-state index in [2.05, 4.69) is 22.0 Å². The van der Waals surface area contributed by atoms with E-state index in [1.54, 1.807) is 12.1 Å². The number of hydrogen-bond acceptors (Lipinski definition) is 3. The zero-order chi connectivity index (χ0) is 15.4. The van der Waals surface area contributed by atoms with Gasteiger partial charge in [0.05, 0.1) is 0 Å². The maximum absolute atomic E-state index is 13.0. The van der Waals surface area contributed by atoms with Gasteiger partial charge in [-0.2, -0.15) is 0 Å². The first-order chi connectivity index (χ1) is 10.7. The van der Waals surface area contributed by atoms with Gasteiger partial charge in [0.1, 0.15) is 5.82 Å². The largest absolute Gasteiger partial charge is 0.371 e. The van der Waals surface area contributed by atoms with Crippen molar-refractivity contribution >= 4 is 5.69 Å². The van der Waals surface area contributed by atoms with Crippen molar-refractivity contribution < 1.29 is 4.39 Å². The summed E-state index contributed by atoms with van der Waals surface area (Å²) in [6.07, 6.45) is 3.79. The SMILES string of the molecule is CCN1CCC(NCC2CCN(c3ccc(F)cc3)C2)CC1. The quantitative estimate of drug-likeness (QED) is 0.902. The molecule has 2 heterocycles. The number of rotatable bonds is 5. The van der Waals surface area contributed by atoms with Crippen LogP contribution < -0.4 is 10.2 Å². The van der Waals surface area contributed by atoms with Crippen molar-refractivity contribution in [2.24, 2.45) is 5.92 Å². The Morgan fingerprint density at radius 2 is 1.82 bits per heavy atom. The molecule has 1 aromatic carbocycles.